The number of carbonyl (C=O) groups is 2. The Labute approximate surface area is 230 Å². The maximum atomic E-state index is 13.3. The monoisotopic (exact) mass is 539 g/mol. The number of nitrogens with zero attached hydrogens (tertiary/aromatic N) is 3. The average Bonchev–Trinajstić information content (AvgIpc) is 3.68. The van der Waals surface area contributed by atoms with Crippen LogP contribution in [0.15, 0.2) is 61.3 Å². The van der Waals surface area contributed by atoms with E-state index in [1.54, 1.807) is 23.2 Å². The van der Waals surface area contributed by atoms with E-state index in [0.29, 0.717) is 31.2 Å². The molecule has 1 aromatic carbocycles. The molecule has 38 heavy (non-hydrogen) atoms. The van der Waals surface area contributed by atoms with Crippen LogP contribution in [0.2, 0.25) is 5.15 Å². The predicted molar refractivity (Wildman–Crippen MR) is 148 cm³/mol. The largest absolute Gasteiger partial charge is 0.445 e. The molecule has 8 heteroatoms. The highest BCUT2D eigenvalue weighted by atomic mass is 35.5. The topological polar surface area (TPSA) is 72.0 Å². The number of aromatic nitrogens is 1. The predicted octanol–water partition coefficient (Wildman–Crippen LogP) is 6.48. The minimum Gasteiger partial charge on any atom is -0.445 e. The van der Waals surface area contributed by atoms with Crippen LogP contribution in [0.3, 0.4) is 0 Å². The van der Waals surface area contributed by atoms with Gasteiger partial charge in [0.1, 0.15) is 17.4 Å². The second kappa shape index (κ2) is 11.8. The first kappa shape index (κ1) is 28.0. The lowest BCUT2D eigenvalue weighted by Crippen LogP contribution is -2.51. The summed E-state index contributed by atoms with van der Waals surface area (Å²) in [5.41, 5.74) is 1.47. The maximum Gasteiger partial charge on any atom is 0.410 e. The summed E-state index contributed by atoms with van der Waals surface area (Å²) in [5.74, 6) is 0.281. The number of amides is 2. The Balaban J connectivity index is 1.56. The van der Waals surface area contributed by atoms with Crippen molar-refractivity contribution in [2.45, 2.75) is 64.0 Å². The van der Waals surface area contributed by atoms with Crippen LogP contribution >= 0.6 is 11.6 Å². The Morgan fingerprint density at radius 2 is 1.89 bits per heavy atom. The number of ether oxygens (including phenoxy) is 2. The van der Waals surface area contributed by atoms with Gasteiger partial charge in [-0.15, -0.1) is 0 Å². The van der Waals surface area contributed by atoms with E-state index in [4.69, 9.17) is 21.1 Å². The molecular formula is C30H38ClN3O4. The molecule has 204 valence electrons. The summed E-state index contributed by atoms with van der Waals surface area (Å²) in [6, 6.07) is 14.2. The van der Waals surface area contributed by atoms with E-state index in [-0.39, 0.29) is 36.2 Å². The lowest BCUT2D eigenvalue weighted by molar-refractivity contribution is 0.00308. The van der Waals surface area contributed by atoms with Crippen LogP contribution in [0.25, 0.3) is 0 Å². The molecule has 1 aliphatic heterocycles. The molecule has 2 aliphatic rings. The number of benzene rings is 1. The van der Waals surface area contributed by atoms with Crippen molar-refractivity contribution in [2.24, 2.45) is 5.41 Å². The summed E-state index contributed by atoms with van der Waals surface area (Å²) < 4.78 is 11.2. The molecule has 4 rings (SSSR count). The summed E-state index contributed by atoms with van der Waals surface area (Å²) in [5, 5.41) is 0.445. The summed E-state index contributed by atoms with van der Waals surface area (Å²) in [6.45, 7) is 11.1. The molecule has 2 amide bonds. The van der Waals surface area contributed by atoms with Gasteiger partial charge in [0.05, 0.1) is 0 Å². The Morgan fingerprint density at radius 3 is 2.50 bits per heavy atom. The van der Waals surface area contributed by atoms with Crippen molar-refractivity contribution in [1.82, 2.24) is 14.8 Å². The molecular weight excluding hydrogens is 502 g/mol. The molecule has 0 radical (unpaired) electrons. The van der Waals surface area contributed by atoms with Crippen LogP contribution in [0, 0.1) is 5.41 Å². The Bertz CT molecular complexity index is 1110. The van der Waals surface area contributed by atoms with Crippen molar-refractivity contribution in [1.29, 1.82) is 0 Å². The van der Waals surface area contributed by atoms with Crippen molar-refractivity contribution in [3.8, 4) is 0 Å². The number of hydrogen-bond acceptors (Lipinski definition) is 5. The summed E-state index contributed by atoms with van der Waals surface area (Å²) >= 11 is 6.05. The number of halogens is 1. The summed E-state index contributed by atoms with van der Waals surface area (Å²) in [7, 11) is 0. The van der Waals surface area contributed by atoms with Crippen LogP contribution in [0.5, 0.6) is 0 Å². The summed E-state index contributed by atoms with van der Waals surface area (Å²) in [6.07, 6.45) is 5.83. The molecule has 2 unspecified atom stereocenters. The molecule has 0 spiro atoms. The van der Waals surface area contributed by atoms with Crippen LogP contribution < -0.4 is 0 Å². The molecule has 2 heterocycles. The smallest absolute Gasteiger partial charge is 0.410 e. The zero-order valence-electron chi connectivity index (χ0n) is 22.6. The second-order valence-electron chi connectivity index (χ2n) is 11.4. The minimum absolute atomic E-state index is 0.0684. The molecule has 1 aliphatic carbocycles. The number of rotatable bonds is 8. The first-order chi connectivity index (χ1) is 18.1. The van der Waals surface area contributed by atoms with Gasteiger partial charge in [-0.3, -0.25) is 0 Å². The molecule has 7 nitrogen and oxygen atoms in total. The molecule has 1 saturated heterocycles. The van der Waals surface area contributed by atoms with Crippen LogP contribution in [0.1, 0.15) is 57.1 Å². The quantitative estimate of drug-likeness (QED) is 0.284. The highest BCUT2D eigenvalue weighted by Gasteiger charge is 2.49. The number of hydrogen-bond donors (Lipinski definition) is 0. The van der Waals surface area contributed by atoms with Crippen LogP contribution in [-0.4, -0.2) is 64.9 Å². The Hall–Kier alpha value is -3.06. The van der Waals surface area contributed by atoms with E-state index in [9.17, 15) is 9.59 Å². The fraction of sp³-hybridized carbons (Fsp3) is 0.500. The number of pyridine rings is 1. The van der Waals surface area contributed by atoms with E-state index in [0.717, 1.165) is 24.8 Å². The molecule has 0 N–H and O–H groups in total. The maximum absolute atomic E-state index is 13.3. The van der Waals surface area contributed by atoms with Gasteiger partial charge in [-0.05, 0) is 69.1 Å². The molecule has 1 saturated carbocycles. The number of piperidine rings is 1. The van der Waals surface area contributed by atoms with E-state index in [2.05, 4.69) is 23.7 Å². The van der Waals surface area contributed by atoms with Crippen molar-refractivity contribution in [3.63, 3.8) is 0 Å². The normalized spacial score (nSPS) is 20.4. The van der Waals surface area contributed by atoms with Crippen LogP contribution in [-0.2, 0) is 15.9 Å². The van der Waals surface area contributed by atoms with Gasteiger partial charge < -0.3 is 19.3 Å². The van der Waals surface area contributed by atoms with E-state index >= 15 is 0 Å². The van der Waals surface area contributed by atoms with Crippen molar-refractivity contribution < 1.29 is 19.1 Å². The van der Waals surface area contributed by atoms with E-state index < -0.39 is 5.60 Å². The highest BCUT2D eigenvalue weighted by Crippen LogP contribution is 2.47. The van der Waals surface area contributed by atoms with Gasteiger partial charge in [0.25, 0.3) is 0 Å². The van der Waals surface area contributed by atoms with Crippen molar-refractivity contribution in [2.75, 3.05) is 26.2 Å². The third-order valence-electron chi connectivity index (χ3n) is 7.29. The van der Waals surface area contributed by atoms with E-state index in [1.807, 2.05) is 49.9 Å². The van der Waals surface area contributed by atoms with Gasteiger partial charge in [0.15, 0.2) is 0 Å². The van der Waals surface area contributed by atoms with Gasteiger partial charge in [-0.1, -0.05) is 60.7 Å². The third-order valence-corrected chi connectivity index (χ3v) is 7.52. The van der Waals surface area contributed by atoms with Gasteiger partial charge in [-0.2, -0.15) is 0 Å². The van der Waals surface area contributed by atoms with Gasteiger partial charge in [0, 0.05) is 37.8 Å². The first-order valence-electron chi connectivity index (χ1n) is 13.3. The minimum atomic E-state index is -0.551. The van der Waals surface area contributed by atoms with Crippen molar-refractivity contribution >= 4 is 23.8 Å². The Morgan fingerprint density at radius 1 is 1.18 bits per heavy atom. The molecule has 1 aromatic heterocycles. The molecule has 0 bridgehead atoms. The first-order valence-corrected chi connectivity index (χ1v) is 13.6. The highest BCUT2D eigenvalue weighted by molar-refractivity contribution is 6.29. The fourth-order valence-electron chi connectivity index (χ4n) is 5.30. The second-order valence-corrected chi connectivity index (χ2v) is 11.8. The zero-order valence-corrected chi connectivity index (χ0v) is 23.3. The Kier molecular flexibility index (Phi) is 8.66. The SMILES string of the molecule is C=CCOC(=O)N(CC1(Cc2ccc(Cl)nc2)CCN(C(=O)OC(C)(C)C)CC1)C1CC1c1ccccc1. The van der Waals surface area contributed by atoms with Gasteiger partial charge in [0.2, 0.25) is 0 Å². The average molecular weight is 540 g/mol. The summed E-state index contributed by atoms with van der Waals surface area (Å²) in [4.78, 5) is 34.1. The van der Waals surface area contributed by atoms with Gasteiger partial charge in [-0.25, -0.2) is 14.6 Å². The molecule has 2 fully saturated rings. The molecule has 2 atom stereocenters. The lowest BCUT2D eigenvalue weighted by Gasteiger charge is -2.44. The van der Waals surface area contributed by atoms with Crippen LogP contribution in [0.4, 0.5) is 9.59 Å². The zero-order chi connectivity index (χ0) is 27.3. The number of likely N-dealkylation sites (tertiary alicyclic amines) is 1. The standard InChI is InChI=1S/C30H38ClN3O4/c1-5-17-37-28(36)34(25-18-24(25)23-9-7-6-8-10-23)21-30(19-22-11-12-26(31)32-20-22)13-15-33(16-14-30)27(35)38-29(2,3)4/h5-12,20,24-25H,1,13-19,21H2,2-4H3. The fourth-order valence-corrected chi connectivity index (χ4v) is 5.41. The lowest BCUT2D eigenvalue weighted by atomic mass is 9.73. The molecule has 2 aromatic rings. The third kappa shape index (κ3) is 7.28. The van der Waals surface area contributed by atoms with Gasteiger partial charge >= 0.3 is 12.2 Å². The number of carbonyl (C=O) groups excluding carboxylic acids is 2. The van der Waals surface area contributed by atoms with E-state index in [1.165, 1.54) is 5.56 Å². The van der Waals surface area contributed by atoms with Crippen molar-refractivity contribution in [3.05, 3.63) is 77.6 Å².